The normalized spacial score (nSPS) is 21.2. The second-order valence-electron chi connectivity index (χ2n) is 6.60. The van der Waals surface area contributed by atoms with Gasteiger partial charge in [0.15, 0.2) is 17.2 Å². The van der Waals surface area contributed by atoms with Gasteiger partial charge in [0, 0.05) is 31.4 Å². The van der Waals surface area contributed by atoms with Crippen LogP contribution in [0.2, 0.25) is 0 Å². The molecule has 126 valence electrons. The Hall–Kier alpha value is -2.37. The Labute approximate surface area is 139 Å². The first kappa shape index (κ1) is 15.2. The Morgan fingerprint density at radius 3 is 2.88 bits per heavy atom. The maximum Gasteiger partial charge on any atom is 0.289 e. The molecule has 4 rings (SSSR count). The SMILES string of the molecule is Cc1ccc(F)c2oc(C(=O)N3CCC(N4CCCC4=O)C3)cc12. The highest BCUT2D eigenvalue weighted by Gasteiger charge is 2.35. The number of aryl methyl sites for hydroxylation is 1. The highest BCUT2D eigenvalue weighted by molar-refractivity contribution is 5.97. The summed E-state index contributed by atoms with van der Waals surface area (Å²) in [5.41, 5.74) is 1.000. The number of rotatable bonds is 2. The van der Waals surface area contributed by atoms with E-state index < -0.39 is 5.82 Å². The smallest absolute Gasteiger partial charge is 0.289 e. The van der Waals surface area contributed by atoms with Crippen LogP contribution in [0.3, 0.4) is 0 Å². The van der Waals surface area contributed by atoms with Crippen LogP contribution < -0.4 is 0 Å². The van der Waals surface area contributed by atoms with Gasteiger partial charge < -0.3 is 14.2 Å². The second-order valence-corrected chi connectivity index (χ2v) is 6.60. The van der Waals surface area contributed by atoms with E-state index in [0.29, 0.717) is 24.9 Å². The van der Waals surface area contributed by atoms with Crippen LogP contribution in [0.4, 0.5) is 4.39 Å². The van der Waals surface area contributed by atoms with Gasteiger partial charge in [0.05, 0.1) is 6.04 Å². The standard InChI is InChI=1S/C18H19FN2O3/c1-11-4-5-14(19)17-13(11)9-15(24-17)18(23)20-8-6-12(10-20)21-7-2-3-16(21)22/h4-5,9,12H,2-3,6-8,10H2,1H3. The van der Waals surface area contributed by atoms with Gasteiger partial charge in [-0.25, -0.2) is 4.39 Å². The molecule has 1 atom stereocenters. The van der Waals surface area contributed by atoms with Crippen molar-refractivity contribution in [2.75, 3.05) is 19.6 Å². The van der Waals surface area contributed by atoms with Crippen LogP contribution in [0.5, 0.6) is 0 Å². The van der Waals surface area contributed by atoms with E-state index in [2.05, 4.69) is 0 Å². The molecule has 2 saturated heterocycles. The van der Waals surface area contributed by atoms with E-state index in [1.54, 1.807) is 17.0 Å². The fourth-order valence-electron chi connectivity index (χ4n) is 3.72. The van der Waals surface area contributed by atoms with E-state index in [4.69, 9.17) is 4.42 Å². The molecule has 1 unspecified atom stereocenters. The van der Waals surface area contributed by atoms with Crippen molar-refractivity contribution < 1.29 is 18.4 Å². The van der Waals surface area contributed by atoms with Crippen molar-refractivity contribution in [2.45, 2.75) is 32.2 Å². The van der Waals surface area contributed by atoms with Crippen molar-refractivity contribution in [3.63, 3.8) is 0 Å². The summed E-state index contributed by atoms with van der Waals surface area (Å²) in [5.74, 6) is -0.363. The first-order chi connectivity index (χ1) is 11.5. The quantitative estimate of drug-likeness (QED) is 0.851. The van der Waals surface area contributed by atoms with Crippen molar-refractivity contribution in [3.8, 4) is 0 Å². The van der Waals surface area contributed by atoms with Gasteiger partial charge in [-0.15, -0.1) is 0 Å². The Morgan fingerprint density at radius 1 is 1.33 bits per heavy atom. The first-order valence-corrected chi connectivity index (χ1v) is 8.32. The fourth-order valence-corrected chi connectivity index (χ4v) is 3.72. The highest BCUT2D eigenvalue weighted by atomic mass is 19.1. The summed E-state index contributed by atoms with van der Waals surface area (Å²) in [5, 5.41) is 0.629. The van der Waals surface area contributed by atoms with Crippen LogP contribution in [0, 0.1) is 12.7 Å². The largest absolute Gasteiger partial charge is 0.448 e. The topological polar surface area (TPSA) is 53.8 Å². The number of hydrogen-bond donors (Lipinski definition) is 0. The lowest BCUT2D eigenvalue weighted by Gasteiger charge is -2.23. The number of halogens is 1. The zero-order valence-electron chi connectivity index (χ0n) is 13.5. The molecule has 0 radical (unpaired) electrons. The number of benzene rings is 1. The van der Waals surface area contributed by atoms with E-state index in [0.717, 1.165) is 24.9 Å². The number of amides is 2. The predicted octanol–water partition coefficient (Wildman–Crippen LogP) is 2.72. The molecule has 6 heteroatoms. The van der Waals surface area contributed by atoms with Gasteiger partial charge in [-0.3, -0.25) is 9.59 Å². The molecule has 3 heterocycles. The molecule has 0 bridgehead atoms. The summed E-state index contributed by atoms with van der Waals surface area (Å²) in [6.07, 6.45) is 2.28. The van der Waals surface area contributed by atoms with Crippen molar-refractivity contribution in [3.05, 3.63) is 35.3 Å². The van der Waals surface area contributed by atoms with Crippen molar-refractivity contribution in [1.82, 2.24) is 9.80 Å². The zero-order valence-corrected chi connectivity index (χ0v) is 13.5. The maximum absolute atomic E-state index is 13.9. The van der Waals surface area contributed by atoms with Gasteiger partial charge in [0.25, 0.3) is 5.91 Å². The number of likely N-dealkylation sites (tertiary alicyclic amines) is 2. The summed E-state index contributed by atoms with van der Waals surface area (Å²) < 4.78 is 19.4. The average molecular weight is 330 g/mol. The number of nitrogens with zero attached hydrogens (tertiary/aromatic N) is 2. The average Bonchev–Trinajstić information content (AvgIpc) is 3.28. The third kappa shape index (κ3) is 2.37. The minimum absolute atomic E-state index is 0.0896. The van der Waals surface area contributed by atoms with Gasteiger partial charge in [0.1, 0.15) is 0 Å². The van der Waals surface area contributed by atoms with E-state index in [-0.39, 0.29) is 29.2 Å². The zero-order chi connectivity index (χ0) is 16.8. The molecule has 2 amide bonds. The molecule has 0 spiro atoms. The summed E-state index contributed by atoms with van der Waals surface area (Å²) in [6, 6.07) is 4.73. The predicted molar refractivity (Wildman–Crippen MR) is 86.2 cm³/mol. The van der Waals surface area contributed by atoms with Gasteiger partial charge in [0.2, 0.25) is 5.91 Å². The fraction of sp³-hybridized carbons (Fsp3) is 0.444. The lowest BCUT2D eigenvalue weighted by Crippen LogP contribution is -2.39. The molecule has 2 aliphatic rings. The molecular formula is C18H19FN2O3. The molecule has 24 heavy (non-hydrogen) atoms. The Bertz CT molecular complexity index is 790. The van der Waals surface area contributed by atoms with Gasteiger partial charge in [-0.1, -0.05) is 6.07 Å². The van der Waals surface area contributed by atoms with Crippen molar-refractivity contribution in [2.24, 2.45) is 0 Å². The van der Waals surface area contributed by atoms with Gasteiger partial charge in [-0.05, 0) is 37.5 Å². The molecular weight excluding hydrogens is 311 g/mol. The number of carbonyl (C=O) groups is 2. The molecule has 0 aliphatic carbocycles. The van der Waals surface area contributed by atoms with E-state index in [1.807, 2.05) is 11.8 Å². The lowest BCUT2D eigenvalue weighted by atomic mass is 10.1. The van der Waals surface area contributed by atoms with Crippen molar-refractivity contribution >= 4 is 22.8 Å². The van der Waals surface area contributed by atoms with Crippen LogP contribution in [0.25, 0.3) is 11.0 Å². The third-order valence-corrected chi connectivity index (χ3v) is 5.07. The number of hydrogen-bond acceptors (Lipinski definition) is 3. The first-order valence-electron chi connectivity index (χ1n) is 8.32. The van der Waals surface area contributed by atoms with E-state index >= 15 is 0 Å². The molecule has 0 saturated carbocycles. The van der Waals surface area contributed by atoms with Crippen LogP contribution in [0.15, 0.2) is 22.6 Å². The molecule has 2 aliphatic heterocycles. The summed E-state index contributed by atoms with van der Waals surface area (Å²) in [4.78, 5) is 28.1. The Balaban J connectivity index is 1.55. The Kier molecular flexibility index (Phi) is 3.55. The van der Waals surface area contributed by atoms with E-state index in [9.17, 15) is 14.0 Å². The summed E-state index contributed by atoms with van der Waals surface area (Å²) in [7, 11) is 0. The van der Waals surface area contributed by atoms with Crippen LogP contribution in [-0.4, -0.2) is 47.3 Å². The molecule has 0 N–H and O–H groups in total. The molecule has 1 aromatic heterocycles. The third-order valence-electron chi connectivity index (χ3n) is 5.07. The highest BCUT2D eigenvalue weighted by Crippen LogP contribution is 2.28. The summed E-state index contributed by atoms with van der Waals surface area (Å²) >= 11 is 0. The Morgan fingerprint density at radius 2 is 2.17 bits per heavy atom. The van der Waals surface area contributed by atoms with Gasteiger partial charge >= 0.3 is 0 Å². The number of fused-ring (bicyclic) bond motifs is 1. The lowest BCUT2D eigenvalue weighted by molar-refractivity contribution is -0.129. The van der Waals surface area contributed by atoms with Gasteiger partial charge in [-0.2, -0.15) is 0 Å². The molecule has 2 fully saturated rings. The molecule has 2 aromatic rings. The molecule has 1 aromatic carbocycles. The number of furan rings is 1. The molecule has 5 nitrogen and oxygen atoms in total. The van der Waals surface area contributed by atoms with Crippen LogP contribution in [0.1, 0.15) is 35.4 Å². The van der Waals surface area contributed by atoms with Crippen LogP contribution in [-0.2, 0) is 4.79 Å². The van der Waals surface area contributed by atoms with E-state index in [1.165, 1.54) is 6.07 Å². The number of carbonyl (C=O) groups excluding carboxylic acids is 2. The maximum atomic E-state index is 13.9. The van der Waals surface area contributed by atoms with Crippen molar-refractivity contribution in [1.29, 1.82) is 0 Å². The minimum atomic E-state index is -0.461. The second kappa shape index (κ2) is 5.61. The minimum Gasteiger partial charge on any atom is -0.448 e. The summed E-state index contributed by atoms with van der Waals surface area (Å²) in [6.45, 7) is 3.74. The van der Waals surface area contributed by atoms with Crippen LogP contribution >= 0.6 is 0 Å². The monoisotopic (exact) mass is 330 g/mol.